The van der Waals surface area contributed by atoms with Crippen LogP contribution in [-0.4, -0.2) is 38.8 Å². The summed E-state index contributed by atoms with van der Waals surface area (Å²) in [4.78, 5) is 12.5. The fourth-order valence-corrected chi connectivity index (χ4v) is 2.71. The maximum Gasteiger partial charge on any atom is 0.323 e. The van der Waals surface area contributed by atoms with E-state index in [1.54, 1.807) is 23.1 Å². The van der Waals surface area contributed by atoms with Crippen LogP contribution in [0.5, 0.6) is 0 Å². The zero-order chi connectivity index (χ0) is 13.3. The number of carboxylic acid groups (broad SMARTS) is 1. The van der Waals surface area contributed by atoms with Crippen LogP contribution in [0.1, 0.15) is 5.56 Å². The Morgan fingerprint density at radius 3 is 2.83 bits per heavy atom. The second kappa shape index (κ2) is 4.49. The lowest BCUT2D eigenvalue weighted by molar-refractivity contribution is -0.135. The molecule has 6 nitrogen and oxygen atoms in total. The first-order chi connectivity index (χ1) is 8.37. The van der Waals surface area contributed by atoms with Crippen LogP contribution in [0, 0.1) is 0 Å². The summed E-state index contributed by atoms with van der Waals surface area (Å²) in [5, 5.41) is 8.80. The first kappa shape index (κ1) is 12.7. The molecule has 0 spiro atoms. The lowest BCUT2D eigenvalue weighted by Crippen LogP contribution is -2.27. The number of nitrogens with one attached hydrogen (secondary N) is 1. The minimum absolute atomic E-state index is 0.0741. The van der Waals surface area contributed by atoms with Crippen molar-refractivity contribution in [3.63, 3.8) is 0 Å². The van der Waals surface area contributed by atoms with E-state index in [1.165, 1.54) is 0 Å². The van der Waals surface area contributed by atoms with Crippen LogP contribution < -0.4 is 9.62 Å². The minimum Gasteiger partial charge on any atom is -0.480 e. The Kier molecular flexibility index (Phi) is 3.16. The van der Waals surface area contributed by atoms with Gasteiger partial charge in [-0.1, -0.05) is 6.07 Å². The maximum absolute atomic E-state index is 11.2. The quantitative estimate of drug-likeness (QED) is 0.832. The molecule has 1 aromatic rings. The van der Waals surface area contributed by atoms with Gasteiger partial charge in [0, 0.05) is 17.8 Å². The summed E-state index contributed by atoms with van der Waals surface area (Å²) < 4.78 is 24.9. The van der Waals surface area contributed by atoms with Crippen molar-refractivity contribution >= 4 is 27.4 Å². The van der Waals surface area contributed by atoms with Gasteiger partial charge in [-0.3, -0.25) is 9.52 Å². The van der Waals surface area contributed by atoms with E-state index in [1.807, 2.05) is 0 Å². The van der Waals surface area contributed by atoms with Crippen LogP contribution in [0.3, 0.4) is 0 Å². The number of carboxylic acids is 1. The van der Waals surface area contributed by atoms with E-state index < -0.39 is 16.0 Å². The number of hydrogen-bond donors (Lipinski definition) is 2. The van der Waals surface area contributed by atoms with E-state index in [0.717, 1.165) is 17.5 Å². The van der Waals surface area contributed by atoms with Crippen molar-refractivity contribution in [2.24, 2.45) is 0 Å². The molecular weight excluding hydrogens is 256 g/mol. The standard InChI is InChI=1S/C11H14N2O4S/c1-18(16,17)12-9-3-2-4-10-8(9)5-6-13(10)7-11(14)15/h2-4,12H,5-7H2,1H3,(H,14,15). The number of nitrogens with zero attached hydrogens (tertiary/aromatic N) is 1. The maximum atomic E-state index is 11.2. The lowest BCUT2D eigenvalue weighted by Gasteiger charge is -2.17. The first-order valence-corrected chi connectivity index (χ1v) is 7.32. The highest BCUT2D eigenvalue weighted by Crippen LogP contribution is 2.33. The summed E-state index contributed by atoms with van der Waals surface area (Å²) in [6.45, 7) is 0.513. The molecular formula is C11H14N2O4S. The monoisotopic (exact) mass is 270 g/mol. The molecule has 98 valence electrons. The number of hydrogen-bond acceptors (Lipinski definition) is 4. The Hall–Kier alpha value is -1.76. The first-order valence-electron chi connectivity index (χ1n) is 5.43. The van der Waals surface area contributed by atoms with Crippen molar-refractivity contribution < 1.29 is 18.3 Å². The number of rotatable bonds is 4. The molecule has 2 rings (SSSR count). The van der Waals surface area contributed by atoms with Crippen LogP contribution in [0.4, 0.5) is 11.4 Å². The third kappa shape index (κ3) is 2.73. The van der Waals surface area contributed by atoms with Gasteiger partial charge in [0.2, 0.25) is 10.0 Å². The van der Waals surface area contributed by atoms with E-state index in [-0.39, 0.29) is 6.54 Å². The lowest BCUT2D eigenvalue weighted by atomic mass is 10.1. The van der Waals surface area contributed by atoms with E-state index >= 15 is 0 Å². The largest absolute Gasteiger partial charge is 0.480 e. The molecule has 0 aliphatic carbocycles. The Labute approximate surface area is 105 Å². The summed E-state index contributed by atoms with van der Waals surface area (Å²) in [5.41, 5.74) is 2.16. The average Bonchev–Trinajstić information content (AvgIpc) is 2.60. The third-order valence-electron chi connectivity index (χ3n) is 2.75. The van der Waals surface area contributed by atoms with Gasteiger partial charge < -0.3 is 10.0 Å². The molecule has 1 aliphatic rings. The number of benzene rings is 1. The number of aliphatic carboxylic acids is 1. The van der Waals surface area contributed by atoms with Gasteiger partial charge in [-0.2, -0.15) is 0 Å². The summed E-state index contributed by atoms with van der Waals surface area (Å²) in [6.07, 6.45) is 1.73. The molecule has 1 aliphatic heterocycles. The minimum atomic E-state index is -3.32. The van der Waals surface area contributed by atoms with Gasteiger partial charge >= 0.3 is 5.97 Å². The van der Waals surface area contributed by atoms with E-state index in [2.05, 4.69) is 4.72 Å². The van der Waals surface area contributed by atoms with Crippen molar-refractivity contribution in [3.8, 4) is 0 Å². The fraction of sp³-hybridized carbons (Fsp3) is 0.364. The number of fused-ring (bicyclic) bond motifs is 1. The number of sulfonamides is 1. The Balaban J connectivity index is 2.33. The van der Waals surface area contributed by atoms with E-state index in [9.17, 15) is 13.2 Å². The average molecular weight is 270 g/mol. The Morgan fingerprint density at radius 1 is 1.50 bits per heavy atom. The molecule has 0 amide bonds. The van der Waals surface area contributed by atoms with Crippen molar-refractivity contribution in [3.05, 3.63) is 23.8 Å². The van der Waals surface area contributed by atoms with Gasteiger partial charge in [0.25, 0.3) is 0 Å². The topological polar surface area (TPSA) is 86.7 Å². The molecule has 1 aromatic carbocycles. The highest BCUT2D eigenvalue weighted by atomic mass is 32.2. The molecule has 7 heteroatoms. The third-order valence-corrected chi connectivity index (χ3v) is 3.34. The van der Waals surface area contributed by atoms with Gasteiger partial charge in [0.1, 0.15) is 6.54 Å². The van der Waals surface area contributed by atoms with Crippen molar-refractivity contribution in [1.82, 2.24) is 0 Å². The second-order valence-corrected chi connectivity index (χ2v) is 5.99. The Bertz CT molecular complexity index is 583. The smallest absolute Gasteiger partial charge is 0.323 e. The molecule has 0 unspecified atom stereocenters. The van der Waals surface area contributed by atoms with Crippen LogP contribution in [0.15, 0.2) is 18.2 Å². The molecule has 0 saturated heterocycles. The van der Waals surface area contributed by atoms with Crippen molar-refractivity contribution in [2.45, 2.75) is 6.42 Å². The number of anilines is 2. The van der Waals surface area contributed by atoms with Gasteiger partial charge in [0.05, 0.1) is 11.9 Å². The SMILES string of the molecule is CS(=O)(=O)Nc1cccc2c1CCN2CC(=O)O. The van der Waals surface area contributed by atoms with Gasteiger partial charge in [-0.15, -0.1) is 0 Å². The van der Waals surface area contributed by atoms with E-state index in [4.69, 9.17) is 5.11 Å². The van der Waals surface area contributed by atoms with Gasteiger partial charge in [-0.25, -0.2) is 8.42 Å². The molecule has 0 aromatic heterocycles. The predicted molar refractivity (Wildman–Crippen MR) is 68.5 cm³/mol. The summed E-state index contributed by atoms with van der Waals surface area (Å²) >= 11 is 0. The molecule has 0 bridgehead atoms. The van der Waals surface area contributed by atoms with Crippen molar-refractivity contribution in [1.29, 1.82) is 0 Å². The summed E-state index contributed by atoms with van der Waals surface area (Å²) in [7, 11) is -3.32. The van der Waals surface area contributed by atoms with Crippen LogP contribution in [0.2, 0.25) is 0 Å². The van der Waals surface area contributed by atoms with Crippen LogP contribution >= 0.6 is 0 Å². The molecule has 0 atom stereocenters. The molecule has 18 heavy (non-hydrogen) atoms. The highest BCUT2D eigenvalue weighted by Gasteiger charge is 2.23. The molecule has 0 saturated carbocycles. The molecule has 0 fully saturated rings. The molecule has 0 radical (unpaired) electrons. The van der Waals surface area contributed by atoms with Crippen LogP contribution in [-0.2, 0) is 21.2 Å². The van der Waals surface area contributed by atoms with Crippen molar-refractivity contribution in [2.75, 3.05) is 29.0 Å². The second-order valence-electron chi connectivity index (χ2n) is 4.24. The molecule has 1 heterocycles. The summed E-state index contributed by atoms with van der Waals surface area (Å²) in [5.74, 6) is -0.899. The van der Waals surface area contributed by atoms with E-state index in [0.29, 0.717) is 18.7 Å². The zero-order valence-electron chi connectivity index (χ0n) is 9.88. The normalized spacial score (nSPS) is 14.4. The fourth-order valence-electron chi connectivity index (χ4n) is 2.12. The van der Waals surface area contributed by atoms with Crippen LogP contribution in [0.25, 0.3) is 0 Å². The Morgan fingerprint density at radius 2 is 2.22 bits per heavy atom. The predicted octanol–water partition coefficient (Wildman–Crippen LogP) is 0.505. The zero-order valence-corrected chi connectivity index (χ0v) is 10.7. The highest BCUT2D eigenvalue weighted by molar-refractivity contribution is 7.92. The van der Waals surface area contributed by atoms with Gasteiger partial charge in [0.15, 0.2) is 0 Å². The molecule has 2 N–H and O–H groups in total. The summed E-state index contributed by atoms with van der Waals surface area (Å²) in [6, 6.07) is 5.20. The van der Waals surface area contributed by atoms with Gasteiger partial charge in [-0.05, 0) is 18.6 Å². The number of carbonyl (C=O) groups is 1.